The summed E-state index contributed by atoms with van der Waals surface area (Å²) in [4.78, 5) is 27.5. The lowest BCUT2D eigenvalue weighted by Crippen LogP contribution is -2.36. The SMILES string of the molecule is Cc1nn(CC(=O)NCCCN2CCCC2)c(=O)c2cc(-c3ccccc3)nn12. The Balaban J connectivity index is 1.44. The van der Waals surface area contributed by atoms with Gasteiger partial charge in [-0.05, 0) is 51.9 Å². The maximum Gasteiger partial charge on any atom is 0.293 e. The summed E-state index contributed by atoms with van der Waals surface area (Å²) < 4.78 is 2.76. The highest BCUT2D eigenvalue weighted by molar-refractivity contribution is 5.75. The molecule has 0 atom stereocenters. The Morgan fingerprint density at radius 1 is 1.14 bits per heavy atom. The first-order valence-corrected chi connectivity index (χ1v) is 10.1. The Kier molecular flexibility index (Phi) is 5.71. The molecule has 0 spiro atoms. The molecular weight excluding hydrogens is 368 g/mol. The number of aryl methyl sites for hydroxylation is 1. The van der Waals surface area contributed by atoms with Crippen LogP contribution in [0.1, 0.15) is 25.1 Å². The van der Waals surface area contributed by atoms with Gasteiger partial charge in [-0.25, -0.2) is 9.20 Å². The topological polar surface area (TPSA) is 84.5 Å². The number of hydrogen-bond donors (Lipinski definition) is 1. The van der Waals surface area contributed by atoms with Crippen LogP contribution in [0.5, 0.6) is 0 Å². The van der Waals surface area contributed by atoms with E-state index in [9.17, 15) is 9.59 Å². The molecule has 152 valence electrons. The van der Waals surface area contributed by atoms with Crippen LogP contribution in [0.3, 0.4) is 0 Å². The molecule has 8 nitrogen and oxygen atoms in total. The van der Waals surface area contributed by atoms with Gasteiger partial charge < -0.3 is 10.2 Å². The van der Waals surface area contributed by atoms with E-state index in [-0.39, 0.29) is 18.0 Å². The monoisotopic (exact) mass is 394 g/mol. The highest BCUT2D eigenvalue weighted by atomic mass is 16.2. The molecule has 1 amide bonds. The van der Waals surface area contributed by atoms with Crippen LogP contribution < -0.4 is 10.9 Å². The van der Waals surface area contributed by atoms with Gasteiger partial charge in [-0.15, -0.1) is 0 Å². The number of amides is 1. The van der Waals surface area contributed by atoms with E-state index in [1.807, 2.05) is 30.3 Å². The number of benzene rings is 1. The standard InChI is InChI=1S/C21H26N6O2/c1-16-23-26(15-20(28)22-10-7-13-25-11-5-6-12-25)21(29)19-14-18(24-27(16)19)17-8-3-2-4-9-17/h2-4,8-9,14H,5-7,10-13,15H2,1H3,(H,22,28). The number of rotatable bonds is 7. The van der Waals surface area contributed by atoms with E-state index in [0.29, 0.717) is 23.6 Å². The lowest BCUT2D eigenvalue weighted by atomic mass is 10.1. The number of hydrogen-bond acceptors (Lipinski definition) is 5. The third kappa shape index (κ3) is 4.37. The molecule has 0 radical (unpaired) electrons. The molecule has 4 rings (SSSR count). The van der Waals surface area contributed by atoms with Crippen molar-refractivity contribution >= 4 is 11.4 Å². The molecule has 3 aromatic rings. The largest absolute Gasteiger partial charge is 0.354 e. The van der Waals surface area contributed by atoms with Crippen LogP contribution in [0.2, 0.25) is 0 Å². The zero-order valence-electron chi connectivity index (χ0n) is 16.7. The highest BCUT2D eigenvalue weighted by Gasteiger charge is 2.15. The smallest absolute Gasteiger partial charge is 0.293 e. The van der Waals surface area contributed by atoms with Gasteiger partial charge in [0.15, 0.2) is 0 Å². The normalized spacial score (nSPS) is 14.5. The molecular formula is C21H26N6O2. The summed E-state index contributed by atoms with van der Waals surface area (Å²) in [5.41, 5.74) is 1.73. The van der Waals surface area contributed by atoms with Gasteiger partial charge >= 0.3 is 0 Å². The van der Waals surface area contributed by atoms with Crippen molar-refractivity contribution in [3.05, 3.63) is 52.6 Å². The number of carbonyl (C=O) groups is 1. The quantitative estimate of drug-likeness (QED) is 0.614. The molecule has 0 saturated carbocycles. The minimum absolute atomic E-state index is 0.0915. The van der Waals surface area contributed by atoms with E-state index in [1.165, 1.54) is 22.0 Å². The molecule has 2 aromatic heterocycles. The van der Waals surface area contributed by atoms with Gasteiger partial charge in [0.05, 0.1) is 5.69 Å². The summed E-state index contributed by atoms with van der Waals surface area (Å²) >= 11 is 0. The predicted octanol–water partition coefficient (Wildman–Crippen LogP) is 1.47. The van der Waals surface area contributed by atoms with E-state index in [0.717, 1.165) is 31.6 Å². The maximum atomic E-state index is 12.8. The van der Waals surface area contributed by atoms with E-state index in [1.54, 1.807) is 13.0 Å². The molecule has 1 fully saturated rings. The molecule has 29 heavy (non-hydrogen) atoms. The van der Waals surface area contributed by atoms with E-state index in [4.69, 9.17) is 0 Å². The van der Waals surface area contributed by atoms with E-state index < -0.39 is 0 Å². The van der Waals surface area contributed by atoms with Crippen LogP contribution in [0.15, 0.2) is 41.2 Å². The minimum Gasteiger partial charge on any atom is -0.354 e. The molecule has 0 bridgehead atoms. The van der Waals surface area contributed by atoms with Crippen molar-refractivity contribution in [2.75, 3.05) is 26.2 Å². The van der Waals surface area contributed by atoms with Crippen LogP contribution >= 0.6 is 0 Å². The molecule has 1 N–H and O–H groups in total. The zero-order valence-corrected chi connectivity index (χ0v) is 16.7. The van der Waals surface area contributed by atoms with Crippen LogP contribution in [-0.4, -0.2) is 56.4 Å². The fraction of sp³-hybridized carbons (Fsp3) is 0.429. The van der Waals surface area contributed by atoms with E-state index in [2.05, 4.69) is 20.4 Å². The lowest BCUT2D eigenvalue weighted by molar-refractivity contribution is -0.121. The molecule has 1 aliphatic heterocycles. The van der Waals surface area contributed by atoms with Crippen molar-refractivity contribution in [3.8, 4) is 11.3 Å². The Bertz CT molecular complexity index is 1050. The van der Waals surface area contributed by atoms with Gasteiger partial charge in [-0.3, -0.25) is 9.59 Å². The summed E-state index contributed by atoms with van der Waals surface area (Å²) in [5, 5.41) is 11.7. The Labute approximate surface area is 169 Å². The van der Waals surface area contributed by atoms with Crippen LogP contribution in [0.4, 0.5) is 0 Å². The van der Waals surface area contributed by atoms with Gasteiger partial charge in [-0.2, -0.15) is 10.2 Å². The number of likely N-dealkylation sites (tertiary alicyclic amines) is 1. The second kappa shape index (κ2) is 8.57. The van der Waals surface area contributed by atoms with Crippen molar-refractivity contribution in [1.82, 2.24) is 29.6 Å². The molecule has 1 saturated heterocycles. The fourth-order valence-electron chi connectivity index (χ4n) is 3.76. The van der Waals surface area contributed by atoms with E-state index >= 15 is 0 Å². The average molecular weight is 394 g/mol. The summed E-state index contributed by atoms with van der Waals surface area (Å²) in [6.45, 7) is 5.61. The number of nitrogens with zero attached hydrogens (tertiary/aromatic N) is 5. The Hall–Kier alpha value is -3.00. The van der Waals surface area contributed by atoms with Crippen LogP contribution in [0.25, 0.3) is 16.8 Å². The summed E-state index contributed by atoms with van der Waals surface area (Å²) in [5.74, 6) is 0.358. The highest BCUT2D eigenvalue weighted by Crippen LogP contribution is 2.18. The van der Waals surface area contributed by atoms with Gasteiger partial charge in [0, 0.05) is 12.1 Å². The minimum atomic E-state index is -0.322. The average Bonchev–Trinajstić information content (AvgIpc) is 3.40. The van der Waals surface area contributed by atoms with Crippen LogP contribution in [-0.2, 0) is 11.3 Å². The first kappa shape index (κ1) is 19.3. The summed E-state index contributed by atoms with van der Waals surface area (Å²) in [7, 11) is 0. The van der Waals surface area contributed by atoms with Crippen molar-refractivity contribution in [1.29, 1.82) is 0 Å². The molecule has 1 aromatic carbocycles. The predicted molar refractivity (Wildman–Crippen MR) is 111 cm³/mol. The third-order valence-corrected chi connectivity index (χ3v) is 5.27. The second-order valence-corrected chi connectivity index (χ2v) is 7.45. The van der Waals surface area contributed by atoms with Gasteiger partial charge in [0.25, 0.3) is 5.56 Å². The van der Waals surface area contributed by atoms with Gasteiger partial charge in [0.1, 0.15) is 17.9 Å². The first-order valence-electron chi connectivity index (χ1n) is 10.1. The lowest BCUT2D eigenvalue weighted by Gasteiger charge is -2.14. The van der Waals surface area contributed by atoms with Crippen molar-refractivity contribution < 1.29 is 4.79 Å². The second-order valence-electron chi connectivity index (χ2n) is 7.45. The van der Waals surface area contributed by atoms with Gasteiger partial charge in [0.2, 0.25) is 5.91 Å². The van der Waals surface area contributed by atoms with Crippen molar-refractivity contribution in [2.24, 2.45) is 0 Å². The van der Waals surface area contributed by atoms with Crippen molar-refractivity contribution in [3.63, 3.8) is 0 Å². The molecule has 0 unspecified atom stereocenters. The fourth-order valence-corrected chi connectivity index (χ4v) is 3.76. The number of fused-ring (bicyclic) bond motifs is 1. The first-order chi connectivity index (χ1) is 14.1. The van der Waals surface area contributed by atoms with Gasteiger partial charge in [-0.1, -0.05) is 30.3 Å². The number of carbonyl (C=O) groups excluding carboxylic acids is 1. The molecule has 8 heteroatoms. The molecule has 1 aliphatic rings. The number of nitrogens with one attached hydrogen (secondary N) is 1. The molecule has 0 aliphatic carbocycles. The summed E-state index contributed by atoms with van der Waals surface area (Å²) in [6.07, 6.45) is 3.45. The Morgan fingerprint density at radius 3 is 2.66 bits per heavy atom. The molecule has 3 heterocycles. The third-order valence-electron chi connectivity index (χ3n) is 5.27. The maximum absolute atomic E-state index is 12.8. The van der Waals surface area contributed by atoms with Crippen LogP contribution in [0, 0.1) is 6.92 Å². The van der Waals surface area contributed by atoms with Crippen molar-refractivity contribution in [2.45, 2.75) is 32.7 Å². The number of aromatic nitrogens is 4. The summed E-state index contributed by atoms with van der Waals surface area (Å²) in [6, 6.07) is 11.4. The zero-order chi connectivity index (χ0) is 20.2. The Morgan fingerprint density at radius 2 is 1.90 bits per heavy atom.